The number of hydrogen-bond acceptors (Lipinski definition) is 3. The molecule has 0 aromatic rings. The molecule has 0 saturated heterocycles. The van der Waals surface area contributed by atoms with Crippen molar-refractivity contribution in [2.75, 3.05) is 0 Å². The standard InChI is InChI=1S/C3H4N2O3S/c4-1(6)2(7)5-3(8)9/h(H2,4,6)(H2,5,7,8,9). The van der Waals surface area contributed by atoms with E-state index >= 15 is 0 Å². The van der Waals surface area contributed by atoms with Gasteiger partial charge in [-0.2, -0.15) is 0 Å². The number of hydrogen-bond donors (Lipinski definition) is 3. The lowest BCUT2D eigenvalue weighted by atomic mass is 10.6. The number of nitrogens with one attached hydrogen (secondary N) is 1. The maximum Gasteiger partial charge on any atom is 0.316 e. The summed E-state index contributed by atoms with van der Waals surface area (Å²) >= 11 is 3.15. The van der Waals surface area contributed by atoms with Crippen molar-refractivity contribution < 1.29 is 14.4 Å². The van der Waals surface area contributed by atoms with E-state index < -0.39 is 17.1 Å². The van der Waals surface area contributed by atoms with E-state index in [1.165, 1.54) is 0 Å². The molecule has 5 nitrogen and oxygen atoms in total. The lowest BCUT2D eigenvalue weighted by molar-refractivity contribution is -0.136. The van der Waals surface area contributed by atoms with E-state index in [4.69, 9.17) is 0 Å². The molecule has 0 atom stereocenters. The van der Waals surface area contributed by atoms with Crippen LogP contribution in [0.25, 0.3) is 0 Å². The van der Waals surface area contributed by atoms with E-state index in [0.29, 0.717) is 0 Å². The van der Waals surface area contributed by atoms with Crippen LogP contribution >= 0.6 is 12.6 Å². The Morgan fingerprint density at radius 3 is 1.89 bits per heavy atom. The number of carbonyl (C=O) groups excluding carboxylic acids is 3. The van der Waals surface area contributed by atoms with Gasteiger partial charge in [-0.25, -0.2) is 0 Å². The number of thiol groups is 1. The first-order valence-electron chi connectivity index (χ1n) is 1.87. The molecule has 0 aliphatic carbocycles. The highest BCUT2D eigenvalue weighted by atomic mass is 32.1. The van der Waals surface area contributed by atoms with Gasteiger partial charge >= 0.3 is 11.8 Å². The smallest absolute Gasteiger partial charge is 0.316 e. The predicted molar refractivity (Wildman–Crippen MR) is 31.7 cm³/mol. The van der Waals surface area contributed by atoms with Gasteiger partial charge in [0.15, 0.2) is 0 Å². The first kappa shape index (κ1) is 7.96. The molecular formula is C3H4N2O3S. The second-order valence-electron chi connectivity index (χ2n) is 1.12. The van der Waals surface area contributed by atoms with Crippen molar-refractivity contribution in [3.63, 3.8) is 0 Å². The molecule has 3 amide bonds. The second-order valence-corrected chi connectivity index (χ2v) is 1.53. The normalized spacial score (nSPS) is 8.11. The van der Waals surface area contributed by atoms with Crippen molar-refractivity contribution in [1.82, 2.24) is 5.32 Å². The van der Waals surface area contributed by atoms with E-state index in [1.807, 2.05) is 0 Å². The quantitative estimate of drug-likeness (QED) is 0.292. The van der Waals surface area contributed by atoms with Crippen molar-refractivity contribution in [2.24, 2.45) is 5.73 Å². The van der Waals surface area contributed by atoms with Gasteiger partial charge in [-0.15, -0.1) is 0 Å². The van der Waals surface area contributed by atoms with Crippen LogP contribution in [0.4, 0.5) is 4.79 Å². The van der Waals surface area contributed by atoms with Gasteiger partial charge < -0.3 is 5.73 Å². The van der Waals surface area contributed by atoms with E-state index in [9.17, 15) is 14.4 Å². The van der Waals surface area contributed by atoms with E-state index in [-0.39, 0.29) is 0 Å². The zero-order valence-electron chi connectivity index (χ0n) is 4.25. The first-order chi connectivity index (χ1) is 4.04. The Hall–Kier alpha value is -1.04. The molecule has 50 valence electrons. The highest BCUT2D eigenvalue weighted by Gasteiger charge is 2.08. The molecule has 9 heavy (non-hydrogen) atoms. The Kier molecular flexibility index (Phi) is 2.72. The number of imide groups is 1. The van der Waals surface area contributed by atoms with E-state index in [1.54, 1.807) is 5.32 Å². The average Bonchev–Trinajstić information content (AvgIpc) is 1.63. The summed E-state index contributed by atoms with van der Waals surface area (Å²) < 4.78 is 0. The van der Waals surface area contributed by atoms with Crippen LogP contribution in [-0.2, 0) is 9.59 Å². The van der Waals surface area contributed by atoms with Gasteiger partial charge in [-0.05, 0) is 0 Å². The molecule has 0 spiro atoms. The molecule has 0 aromatic heterocycles. The van der Waals surface area contributed by atoms with Crippen molar-refractivity contribution in [1.29, 1.82) is 0 Å². The zero-order valence-corrected chi connectivity index (χ0v) is 5.14. The van der Waals surface area contributed by atoms with Gasteiger partial charge in [-0.1, -0.05) is 12.6 Å². The minimum atomic E-state index is -1.21. The van der Waals surface area contributed by atoms with Crippen LogP contribution in [0.1, 0.15) is 0 Å². The summed E-state index contributed by atoms with van der Waals surface area (Å²) in [6.07, 6.45) is 0. The topological polar surface area (TPSA) is 89.3 Å². The fraction of sp³-hybridized carbons (Fsp3) is 0. The molecular weight excluding hydrogens is 144 g/mol. The predicted octanol–water partition coefficient (Wildman–Crippen LogP) is -1.36. The Morgan fingerprint density at radius 2 is 1.78 bits per heavy atom. The lowest BCUT2D eigenvalue weighted by Crippen LogP contribution is -2.37. The van der Waals surface area contributed by atoms with Gasteiger partial charge in [0.2, 0.25) is 0 Å². The maximum atomic E-state index is 10.1. The van der Waals surface area contributed by atoms with Crippen LogP contribution in [0.3, 0.4) is 0 Å². The molecule has 6 heteroatoms. The summed E-state index contributed by atoms with van der Waals surface area (Å²) in [5, 5.41) is 0.650. The molecule has 0 aromatic carbocycles. The maximum absolute atomic E-state index is 10.1. The summed E-state index contributed by atoms with van der Waals surface area (Å²) in [4.78, 5) is 29.8. The number of rotatable bonds is 0. The number of nitrogens with two attached hydrogens (primary N) is 1. The molecule has 0 aliphatic heterocycles. The van der Waals surface area contributed by atoms with Crippen LogP contribution < -0.4 is 11.1 Å². The van der Waals surface area contributed by atoms with Crippen molar-refractivity contribution in [2.45, 2.75) is 0 Å². The molecule has 0 fully saturated rings. The van der Waals surface area contributed by atoms with Crippen LogP contribution in [0.2, 0.25) is 0 Å². The van der Waals surface area contributed by atoms with Gasteiger partial charge in [-0.3, -0.25) is 19.7 Å². The third-order valence-electron chi connectivity index (χ3n) is 0.444. The Balaban J connectivity index is 3.79. The monoisotopic (exact) mass is 148 g/mol. The largest absolute Gasteiger partial charge is 0.361 e. The van der Waals surface area contributed by atoms with Crippen LogP contribution in [0.5, 0.6) is 0 Å². The van der Waals surface area contributed by atoms with Crippen LogP contribution in [-0.4, -0.2) is 17.1 Å². The number of primary amides is 1. The van der Waals surface area contributed by atoms with Gasteiger partial charge in [0.05, 0.1) is 0 Å². The third kappa shape index (κ3) is 3.53. The second kappa shape index (κ2) is 3.08. The van der Waals surface area contributed by atoms with Crippen LogP contribution in [0, 0.1) is 0 Å². The minimum absolute atomic E-state index is 0.904. The fourth-order valence-electron chi connectivity index (χ4n) is 0.159. The Bertz CT molecular complexity index is 166. The van der Waals surface area contributed by atoms with E-state index in [2.05, 4.69) is 18.4 Å². The third-order valence-corrected chi connectivity index (χ3v) is 0.556. The molecule has 0 radical (unpaired) electrons. The fourth-order valence-corrected chi connectivity index (χ4v) is 0.260. The van der Waals surface area contributed by atoms with Crippen LogP contribution in [0.15, 0.2) is 0 Å². The highest BCUT2D eigenvalue weighted by Crippen LogP contribution is 1.74. The van der Waals surface area contributed by atoms with Crippen molar-refractivity contribution in [3.8, 4) is 0 Å². The average molecular weight is 148 g/mol. The molecule has 3 N–H and O–H groups in total. The molecule has 0 saturated carbocycles. The zero-order chi connectivity index (χ0) is 7.44. The summed E-state index contributed by atoms with van der Waals surface area (Å²) in [5.41, 5.74) is 4.45. The SMILES string of the molecule is NC(=O)C(=O)NC(=O)S. The number of amides is 3. The summed E-state index contributed by atoms with van der Waals surface area (Å²) in [6.45, 7) is 0. The molecule has 0 unspecified atom stereocenters. The Morgan fingerprint density at radius 1 is 1.33 bits per heavy atom. The minimum Gasteiger partial charge on any atom is -0.361 e. The number of carbonyl (C=O) groups is 3. The molecule has 0 aliphatic rings. The summed E-state index contributed by atoms with van der Waals surface area (Å²) in [5.74, 6) is -2.37. The molecule has 0 rings (SSSR count). The van der Waals surface area contributed by atoms with Gasteiger partial charge in [0.1, 0.15) is 0 Å². The first-order valence-corrected chi connectivity index (χ1v) is 2.32. The van der Waals surface area contributed by atoms with Crippen molar-refractivity contribution in [3.05, 3.63) is 0 Å². The summed E-state index contributed by atoms with van der Waals surface area (Å²) in [7, 11) is 0. The highest BCUT2D eigenvalue weighted by molar-refractivity contribution is 7.96. The summed E-state index contributed by atoms with van der Waals surface area (Å²) in [6, 6.07) is 0. The van der Waals surface area contributed by atoms with Crippen molar-refractivity contribution >= 4 is 29.7 Å². The van der Waals surface area contributed by atoms with E-state index in [0.717, 1.165) is 0 Å². The van der Waals surface area contributed by atoms with Gasteiger partial charge in [0, 0.05) is 0 Å². The molecule has 0 bridgehead atoms. The Labute approximate surface area is 56.0 Å². The van der Waals surface area contributed by atoms with Gasteiger partial charge in [0.25, 0.3) is 5.24 Å². The lowest BCUT2D eigenvalue weighted by Gasteiger charge is -1.91. The molecule has 0 heterocycles.